The van der Waals surface area contributed by atoms with Crippen molar-refractivity contribution in [1.29, 1.82) is 0 Å². The number of morpholine rings is 1. The van der Waals surface area contributed by atoms with Crippen LogP contribution in [0.5, 0.6) is 0 Å². The lowest BCUT2D eigenvalue weighted by Crippen LogP contribution is -2.46. The van der Waals surface area contributed by atoms with Crippen molar-refractivity contribution in [2.24, 2.45) is 0 Å². The van der Waals surface area contributed by atoms with Gasteiger partial charge in [-0.2, -0.15) is 0 Å². The number of carbonyl (C=O) groups is 3. The van der Waals surface area contributed by atoms with E-state index in [0.717, 1.165) is 28.8 Å². The summed E-state index contributed by atoms with van der Waals surface area (Å²) >= 11 is 6.14. The van der Waals surface area contributed by atoms with Crippen molar-refractivity contribution in [3.63, 3.8) is 0 Å². The highest BCUT2D eigenvalue weighted by atomic mass is 35.5. The fourth-order valence-electron chi connectivity index (χ4n) is 5.20. The first-order valence-corrected chi connectivity index (χ1v) is 12.0. The molecule has 1 aromatic heterocycles. The molecule has 180 valence electrons. The number of nitrogens with zero attached hydrogens (tertiary/aromatic N) is 3. The van der Waals surface area contributed by atoms with Crippen molar-refractivity contribution in [2.75, 3.05) is 42.8 Å². The number of aromatic amines is 1. The maximum atomic E-state index is 13.4. The van der Waals surface area contributed by atoms with Gasteiger partial charge in [0.25, 0.3) is 11.8 Å². The van der Waals surface area contributed by atoms with E-state index in [2.05, 4.69) is 15.2 Å². The Morgan fingerprint density at radius 1 is 1.06 bits per heavy atom. The Morgan fingerprint density at radius 3 is 2.60 bits per heavy atom. The Bertz CT molecular complexity index is 1320. The second kappa shape index (κ2) is 8.67. The molecule has 3 aliphatic rings. The van der Waals surface area contributed by atoms with E-state index >= 15 is 0 Å². The van der Waals surface area contributed by atoms with Crippen LogP contribution in [-0.2, 0) is 14.3 Å². The zero-order valence-corrected chi connectivity index (χ0v) is 19.6. The summed E-state index contributed by atoms with van der Waals surface area (Å²) in [6.45, 7) is 2.31. The molecule has 0 aliphatic carbocycles. The van der Waals surface area contributed by atoms with Gasteiger partial charge in [-0.05, 0) is 42.8 Å². The molecule has 35 heavy (non-hydrogen) atoms. The van der Waals surface area contributed by atoms with Crippen LogP contribution in [0.4, 0.5) is 11.4 Å². The number of benzene rings is 2. The maximum absolute atomic E-state index is 13.4. The Morgan fingerprint density at radius 2 is 1.83 bits per heavy atom. The Labute approximate surface area is 206 Å². The summed E-state index contributed by atoms with van der Waals surface area (Å²) in [4.78, 5) is 47.0. The first-order valence-electron chi connectivity index (χ1n) is 11.6. The SMILES string of the molecule is O=C(N[C@@H]1CCN2CN(c3ccc(N4CCOCC4=O)cc3)C(=O)[C@H]12)c1ccc2c(Cl)c[nH]c2c1. The van der Waals surface area contributed by atoms with Crippen LogP contribution >= 0.6 is 11.6 Å². The van der Waals surface area contributed by atoms with Gasteiger partial charge in [0.05, 0.1) is 24.3 Å². The third kappa shape index (κ3) is 3.85. The van der Waals surface area contributed by atoms with Crippen LogP contribution in [0.15, 0.2) is 48.7 Å². The molecule has 3 aromatic rings. The highest BCUT2D eigenvalue weighted by Gasteiger charge is 2.48. The minimum Gasteiger partial charge on any atom is -0.370 e. The minimum absolute atomic E-state index is 0.0328. The molecule has 2 aromatic carbocycles. The van der Waals surface area contributed by atoms with Crippen molar-refractivity contribution in [3.8, 4) is 0 Å². The van der Waals surface area contributed by atoms with Crippen molar-refractivity contribution in [3.05, 3.63) is 59.2 Å². The average molecular weight is 494 g/mol. The average Bonchev–Trinajstić information content (AvgIpc) is 3.54. The predicted molar refractivity (Wildman–Crippen MR) is 132 cm³/mol. The van der Waals surface area contributed by atoms with Gasteiger partial charge in [0.15, 0.2) is 0 Å². The summed E-state index contributed by atoms with van der Waals surface area (Å²) in [6, 6.07) is 12.1. The summed E-state index contributed by atoms with van der Waals surface area (Å²) in [5.41, 5.74) is 2.87. The number of H-pyrrole nitrogens is 1. The van der Waals surface area contributed by atoms with Gasteiger partial charge in [0.2, 0.25) is 5.91 Å². The second-order valence-corrected chi connectivity index (χ2v) is 9.45. The molecular weight excluding hydrogens is 470 g/mol. The van der Waals surface area contributed by atoms with Crippen LogP contribution < -0.4 is 15.1 Å². The molecule has 3 aliphatic heterocycles. The third-order valence-electron chi connectivity index (χ3n) is 7.01. The Balaban J connectivity index is 1.15. The number of rotatable bonds is 4. The number of halogens is 1. The van der Waals surface area contributed by atoms with Gasteiger partial charge in [0, 0.05) is 47.1 Å². The van der Waals surface area contributed by atoms with Gasteiger partial charge < -0.3 is 19.9 Å². The lowest BCUT2D eigenvalue weighted by atomic mass is 10.1. The molecule has 0 radical (unpaired) electrons. The second-order valence-electron chi connectivity index (χ2n) is 9.04. The topological polar surface area (TPSA) is 98.0 Å². The molecule has 0 unspecified atom stereocenters. The van der Waals surface area contributed by atoms with Crippen molar-refractivity contribution >= 4 is 51.6 Å². The number of nitrogens with one attached hydrogen (secondary N) is 2. The molecule has 3 saturated heterocycles. The fraction of sp³-hybridized carbons (Fsp3) is 0.320. The first kappa shape index (κ1) is 22.1. The molecule has 2 N–H and O–H groups in total. The molecule has 0 spiro atoms. The zero-order valence-electron chi connectivity index (χ0n) is 18.9. The molecule has 2 atom stereocenters. The summed E-state index contributed by atoms with van der Waals surface area (Å²) in [7, 11) is 0. The van der Waals surface area contributed by atoms with E-state index in [4.69, 9.17) is 16.3 Å². The van der Waals surface area contributed by atoms with E-state index in [0.29, 0.717) is 36.8 Å². The molecule has 0 saturated carbocycles. The first-order chi connectivity index (χ1) is 17.0. The summed E-state index contributed by atoms with van der Waals surface area (Å²) < 4.78 is 5.19. The molecule has 4 heterocycles. The lowest BCUT2D eigenvalue weighted by Gasteiger charge is -2.27. The van der Waals surface area contributed by atoms with Crippen LogP contribution in [0.25, 0.3) is 10.9 Å². The highest BCUT2D eigenvalue weighted by molar-refractivity contribution is 6.35. The van der Waals surface area contributed by atoms with Gasteiger partial charge in [-0.3, -0.25) is 24.2 Å². The quantitative estimate of drug-likeness (QED) is 0.581. The third-order valence-corrected chi connectivity index (χ3v) is 7.33. The van der Waals surface area contributed by atoms with E-state index in [1.807, 2.05) is 30.3 Å². The number of anilines is 2. The van der Waals surface area contributed by atoms with Crippen molar-refractivity contribution < 1.29 is 19.1 Å². The molecule has 9 nitrogen and oxygen atoms in total. The fourth-order valence-corrected chi connectivity index (χ4v) is 5.42. The number of carbonyl (C=O) groups excluding carboxylic acids is 3. The number of aromatic nitrogens is 1. The van der Waals surface area contributed by atoms with E-state index in [-0.39, 0.29) is 30.4 Å². The van der Waals surface area contributed by atoms with Crippen molar-refractivity contribution in [1.82, 2.24) is 15.2 Å². The van der Waals surface area contributed by atoms with Crippen molar-refractivity contribution in [2.45, 2.75) is 18.5 Å². The molecule has 3 amide bonds. The predicted octanol–water partition coefficient (Wildman–Crippen LogP) is 2.36. The maximum Gasteiger partial charge on any atom is 0.253 e. The minimum atomic E-state index is -0.400. The van der Waals surface area contributed by atoms with E-state index in [9.17, 15) is 14.4 Å². The molecule has 6 rings (SSSR count). The monoisotopic (exact) mass is 493 g/mol. The Hall–Kier alpha value is -3.40. The number of hydrogen-bond acceptors (Lipinski definition) is 5. The number of hydrogen-bond donors (Lipinski definition) is 2. The number of amides is 3. The van der Waals surface area contributed by atoms with Crippen LogP contribution in [0, 0.1) is 0 Å². The standard InChI is InChI=1S/C25H24ClN5O4/c26-19-12-27-21-11-15(1-6-18(19)21)24(33)28-20-7-8-29-14-31(25(34)23(20)29)17-4-2-16(3-5-17)30-9-10-35-13-22(30)32/h1-6,11-12,20,23,27H,7-10,13-14H2,(H,28,33)/t20-,23+/m1/s1. The molecule has 3 fully saturated rings. The largest absolute Gasteiger partial charge is 0.370 e. The number of fused-ring (bicyclic) bond motifs is 2. The van der Waals surface area contributed by atoms with Gasteiger partial charge in [0.1, 0.15) is 12.6 Å². The van der Waals surface area contributed by atoms with Crippen LogP contribution in [-0.4, -0.2) is 72.7 Å². The number of ether oxygens (including phenoxy) is 1. The van der Waals surface area contributed by atoms with Crippen LogP contribution in [0.2, 0.25) is 5.02 Å². The smallest absolute Gasteiger partial charge is 0.253 e. The molecule has 0 bridgehead atoms. The zero-order chi connectivity index (χ0) is 24.1. The normalized spacial score (nSPS) is 22.8. The summed E-state index contributed by atoms with van der Waals surface area (Å²) in [6.07, 6.45) is 2.41. The van der Waals surface area contributed by atoms with Crippen LogP contribution in [0.1, 0.15) is 16.8 Å². The summed E-state index contributed by atoms with van der Waals surface area (Å²) in [5, 5.41) is 4.54. The van der Waals surface area contributed by atoms with E-state index < -0.39 is 6.04 Å². The molecule has 10 heteroatoms. The highest BCUT2D eigenvalue weighted by Crippen LogP contribution is 2.32. The lowest BCUT2D eigenvalue weighted by molar-refractivity contribution is -0.125. The van der Waals surface area contributed by atoms with E-state index in [1.54, 1.807) is 28.1 Å². The van der Waals surface area contributed by atoms with Gasteiger partial charge in [-0.25, -0.2) is 0 Å². The summed E-state index contributed by atoms with van der Waals surface area (Å²) in [5.74, 6) is -0.316. The van der Waals surface area contributed by atoms with Crippen LogP contribution in [0.3, 0.4) is 0 Å². The van der Waals surface area contributed by atoms with Gasteiger partial charge in [-0.15, -0.1) is 0 Å². The van der Waals surface area contributed by atoms with Gasteiger partial charge in [-0.1, -0.05) is 17.7 Å². The van der Waals surface area contributed by atoms with Gasteiger partial charge >= 0.3 is 0 Å². The molecular formula is C25H24ClN5O4. The Kier molecular flexibility index (Phi) is 5.47. The van der Waals surface area contributed by atoms with E-state index in [1.165, 1.54) is 0 Å².